The zero-order valence-electron chi connectivity index (χ0n) is 10.2. The Morgan fingerprint density at radius 3 is 2.95 bits per heavy atom. The molecule has 0 atom stereocenters. The summed E-state index contributed by atoms with van der Waals surface area (Å²) in [6.45, 7) is 0. The molecule has 8 heteroatoms. The molecular formula is C12H10N6OS. The van der Waals surface area contributed by atoms with Gasteiger partial charge in [0.25, 0.3) is 0 Å². The largest absolute Gasteiger partial charge is 0.409 e. The lowest BCUT2D eigenvalue weighted by molar-refractivity contribution is 0.318. The maximum Gasteiger partial charge on any atom is 0.172 e. The second-order valence-corrected chi connectivity index (χ2v) is 4.87. The van der Waals surface area contributed by atoms with Crippen LogP contribution in [-0.2, 0) is 0 Å². The van der Waals surface area contributed by atoms with Crippen LogP contribution in [0.3, 0.4) is 0 Å². The van der Waals surface area contributed by atoms with Crippen LogP contribution in [0.2, 0.25) is 0 Å². The van der Waals surface area contributed by atoms with E-state index in [-0.39, 0.29) is 5.84 Å². The maximum absolute atomic E-state index is 8.78. The average Bonchev–Trinajstić information content (AvgIpc) is 2.89. The summed E-state index contributed by atoms with van der Waals surface area (Å²) >= 11 is 1.27. The third-order valence-corrected chi connectivity index (χ3v) is 3.51. The van der Waals surface area contributed by atoms with Crippen LogP contribution in [0, 0.1) is 0 Å². The highest BCUT2D eigenvalue weighted by molar-refractivity contribution is 7.99. The van der Waals surface area contributed by atoms with Crippen molar-refractivity contribution in [2.75, 3.05) is 0 Å². The molecule has 0 saturated heterocycles. The van der Waals surface area contributed by atoms with E-state index < -0.39 is 0 Å². The van der Waals surface area contributed by atoms with Crippen LogP contribution in [0.4, 0.5) is 0 Å². The van der Waals surface area contributed by atoms with Crippen LogP contribution in [0.25, 0.3) is 11.0 Å². The van der Waals surface area contributed by atoms with Gasteiger partial charge in [0.1, 0.15) is 5.03 Å². The number of hydrogen-bond donors (Lipinski definition) is 3. The number of aromatic nitrogens is 4. The Balaban J connectivity index is 1.99. The highest BCUT2D eigenvalue weighted by Gasteiger charge is 2.12. The zero-order chi connectivity index (χ0) is 13.9. The highest BCUT2D eigenvalue weighted by atomic mass is 32.2. The van der Waals surface area contributed by atoms with Gasteiger partial charge in [0, 0.05) is 0 Å². The van der Waals surface area contributed by atoms with Crippen molar-refractivity contribution < 1.29 is 5.21 Å². The molecule has 0 radical (unpaired) electrons. The first-order chi connectivity index (χ1) is 9.78. The third kappa shape index (κ3) is 2.28. The molecule has 0 aliphatic rings. The summed E-state index contributed by atoms with van der Waals surface area (Å²) in [4.78, 5) is 7.60. The van der Waals surface area contributed by atoms with E-state index in [2.05, 4.69) is 25.3 Å². The second kappa shape index (κ2) is 5.17. The first-order valence-corrected chi connectivity index (χ1v) is 6.52. The minimum Gasteiger partial charge on any atom is -0.409 e. The molecule has 20 heavy (non-hydrogen) atoms. The highest BCUT2D eigenvalue weighted by Crippen LogP contribution is 2.27. The SMILES string of the molecule is N/C(=N/O)c1ccnnc1Sc1nc2ccccc2[nH]1. The van der Waals surface area contributed by atoms with Gasteiger partial charge in [0.15, 0.2) is 11.0 Å². The zero-order valence-corrected chi connectivity index (χ0v) is 11.0. The van der Waals surface area contributed by atoms with Gasteiger partial charge >= 0.3 is 0 Å². The van der Waals surface area contributed by atoms with Gasteiger partial charge in [0.05, 0.1) is 22.8 Å². The Kier molecular flexibility index (Phi) is 3.21. The van der Waals surface area contributed by atoms with Crippen molar-refractivity contribution in [2.24, 2.45) is 10.9 Å². The third-order valence-electron chi connectivity index (χ3n) is 2.63. The number of fused-ring (bicyclic) bond motifs is 1. The first-order valence-electron chi connectivity index (χ1n) is 5.70. The van der Waals surface area contributed by atoms with Crippen LogP contribution in [0.15, 0.2) is 51.9 Å². The van der Waals surface area contributed by atoms with Gasteiger partial charge in [-0.2, -0.15) is 5.10 Å². The molecule has 7 nitrogen and oxygen atoms in total. The molecule has 2 aromatic heterocycles. The van der Waals surface area contributed by atoms with Crippen LogP contribution in [0.5, 0.6) is 0 Å². The predicted molar refractivity (Wildman–Crippen MR) is 74.8 cm³/mol. The summed E-state index contributed by atoms with van der Waals surface area (Å²) in [7, 11) is 0. The van der Waals surface area contributed by atoms with Crippen LogP contribution < -0.4 is 5.73 Å². The summed E-state index contributed by atoms with van der Waals surface area (Å²) in [6.07, 6.45) is 1.48. The Morgan fingerprint density at radius 2 is 2.15 bits per heavy atom. The number of H-pyrrole nitrogens is 1. The molecule has 0 unspecified atom stereocenters. The fourth-order valence-electron chi connectivity index (χ4n) is 1.71. The van der Waals surface area contributed by atoms with E-state index in [0.29, 0.717) is 15.7 Å². The lowest BCUT2D eigenvalue weighted by Crippen LogP contribution is -2.15. The molecule has 0 amide bonds. The standard InChI is InChI=1S/C12H10N6OS/c13-10(18-19)7-5-6-14-17-11(7)20-12-15-8-3-1-2-4-9(8)16-12/h1-6,19H,(H2,13,18)(H,15,16). The number of amidine groups is 1. The number of benzene rings is 1. The monoisotopic (exact) mass is 286 g/mol. The number of aromatic amines is 1. The van der Waals surface area contributed by atoms with Crippen LogP contribution in [0.1, 0.15) is 5.56 Å². The Labute approximate surface area is 117 Å². The molecule has 0 saturated carbocycles. The van der Waals surface area contributed by atoms with Crippen molar-refractivity contribution in [1.82, 2.24) is 20.2 Å². The smallest absolute Gasteiger partial charge is 0.172 e. The summed E-state index contributed by atoms with van der Waals surface area (Å²) in [6, 6.07) is 9.33. The number of hydrogen-bond acceptors (Lipinski definition) is 6. The van der Waals surface area contributed by atoms with Crippen molar-refractivity contribution in [3.8, 4) is 0 Å². The maximum atomic E-state index is 8.78. The number of imidazole rings is 1. The molecule has 0 aliphatic heterocycles. The van der Waals surface area contributed by atoms with E-state index in [0.717, 1.165) is 11.0 Å². The van der Waals surface area contributed by atoms with Crippen LogP contribution in [-0.4, -0.2) is 31.2 Å². The van der Waals surface area contributed by atoms with Gasteiger partial charge in [0.2, 0.25) is 0 Å². The van der Waals surface area contributed by atoms with E-state index >= 15 is 0 Å². The van der Waals surface area contributed by atoms with Gasteiger partial charge in [-0.05, 0) is 30.0 Å². The molecule has 100 valence electrons. The summed E-state index contributed by atoms with van der Waals surface area (Å²) < 4.78 is 0. The average molecular weight is 286 g/mol. The number of nitrogens with two attached hydrogens (primary N) is 1. The quantitative estimate of drug-likeness (QED) is 0.292. The molecule has 3 rings (SSSR count). The number of rotatable bonds is 3. The Bertz CT molecular complexity index is 751. The van der Waals surface area contributed by atoms with E-state index in [1.165, 1.54) is 18.0 Å². The van der Waals surface area contributed by atoms with Gasteiger partial charge in [-0.1, -0.05) is 17.3 Å². The van der Waals surface area contributed by atoms with E-state index in [1.54, 1.807) is 6.07 Å². The second-order valence-electron chi connectivity index (χ2n) is 3.90. The topological polar surface area (TPSA) is 113 Å². The molecule has 0 aliphatic carbocycles. The molecule has 0 spiro atoms. The van der Waals surface area contributed by atoms with Crippen LogP contribution >= 0.6 is 11.8 Å². The van der Waals surface area contributed by atoms with E-state index in [9.17, 15) is 0 Å². The first kappa shape index (κ1) is 12.4. The minimum atomic E-state index is -0.0153. The summed E-state index contributed by atoms with van der Waals surface area (Å²) in [5, 5.41) is 20.7. The molecule has 2 heterocycles. The molecule has 0 fully saturated rings. The molecular weight excluding hydrogens is 276 g/mol. The van der Waals surface area contributed by atoms with Gasteiger partial charge in [-0.3, -0.25) is 0 Å². The van der Waals surface area contributed by atoms with Crippen molar-refractivity contribution in [3.63, 3.8) is 0 Å². The Morgan fingerprint density at radius 1 is 1.30 bits per heavy atom. The fraction of sp³-hybridized carbons (Fsp3) is 0. The molecule has 0 bridgehead atoms. The lowest BCUT2D eigenvalue weighted by Gasteiger charge is -2.03. The fourth-order valence-corrected chi connectivity index (χ4v) is 2.57. The van der Waals surface area contributed by atoms with Crippen molar-refractivity contribution in [2.45, 2.75) is 10.2 Å². The normalized spacial score (nSPS) is 11.9. The number of nitrogens with one attached hydrogen (secondary N) is 1. The summed E-state index contributed by atoms with van der Waals surface area (Å²) in [5.41, 5.74) is 7.92. The van der Waals surface area contributed by atoms with Gasteiger partial charge in [-0.15, -0.1) is 5.10 Å². The van der Waals surface area contributed by atoms with Gasteiger partial charge in [-0.25, -0.2) is 4.98 Å². The minimum absolute atomic E-state index is 0.0153. The van der Waals surface area contributed by atoms with E-state index in [1.807, 2.05) is 24.3 Å². The van der Waals surface area contributed by atoms with Crippen molar-refractivity contribution >= 4 is 28.6 Å². The predicted octanol–water partition coefficient (Wildman–Crippen LogP) is 1.60. The molecule has 3 aromatic rings. The number of nitrogens with zero attached hydrogens (tertiary/aromatic N) is 4. The van der Waals surface area contributed by atoms with Gasteiger partial charge < -0.3 is 15.9 Å². The molecule has 1 aromatic carbocycles. The number of oxime groups is 1. The van der Waals surface area contributed by atoms with Crippen molar-refractivity contribution in [3.05, 3.63) is 42.1 Å². The van der Waals surface area contributed by atoms with E-state index in [4.69, 9.17) is 10.9 Å². The molecule has 4 N–H and O–H groups in total. The van der Waals surface area contributed by atoms with Crippen molar-refractivity contribution in [1.29, 1.82) is 0 Å². The summed E-state index contributed by atoms with van der Waals surface area (Å²) in [5.74, 6) is -0.0153. The Hall–Kier alpha value is -2.61. The lowest BCUT2D eigenvalue weighted by atomic mass is 10.3. The number of para-hydroxylation sites is 2.